The van der Waals surface area contributed by atoms with Gasteiger partial charge in [-0.05, 0) is 80.3 Å². The summed E-state index contributed by atoms with van der Waals surface area (Å²) in [6.07, 6.45) is 0. The summed E-state index contributed by atoms with van der Waals surface area (Å²) >= 11 is 0. The standard InChI is InChI=1S/C36H20B2N2O/c1-2-10-21(11-3-1)39-27-17-8-12-22-23-13-9-18-28-33(23)38(32(22)27)34-29(39)20-31-35-36(34)40(28)26-16-6-4-14-24(26)37(35)25-15-5-7-19-30(25)41-31/h1-20H. The van der Waals surface area contributed by atoms with E-state index in [-0.39, 0.29) is 13.4 Å². The summed E-state index contributed by atoms with van der Waals surface area (Å²) in [5, 5.41) is 0. The lowest BCUT2D eigenvalue weighted by Crippen LogP contribution is -2.66. The second-order valence-corrected chi connectivity index (χ2v) is 11.6. The van der Waals surface area contributed by atoms with Gasteiger partial charge in [-0.1, -0.05) is 78.9 Å². The van der Waals surface area contributed by atoms with Crippen molar-refractivity contribution in [3.8, 4) is 22.6 Å². The number of hydrogen-bond donors (Lipinski definition) is 0. The van der Waals surface area contributed by atoms with Crippen molar-refractivity contribution in [2.24, 2.45) is 0 Å². The van der Waals surface area contributed by atoms with E-state index in [9.17, 15) is 0 Å². The Morgan fingerprint density at radius 3 is 1.90 bits per heavy atom. The molecule has 0 radical (unpaired) electrons. The molecule has 0 aromatic heterocycles. The van der Waals surface area contributed by atoms with Crippen LogP contribution in [0.3, 0.4) is 0 Å². The Kier molecular flexibility index (Phi) is 3.51. The summed E-state index contributed by atoms with van der Waals surface area (Å²) < 4.78 is 6.83. The van der Waals surface area contributed by atoms with E-state index in [2.05, 4.69) is 131 Å². The predicted octanol–water partition coefficient (Wildman–Crippen LogP) is 4.68. The van der Waals surface area contributed by atoms with Crippen LogP contribution in [0.1, 0.15) is 0 Å². The summed E-state index contributed by atoms with van der Waals surface area (Å²) in [6.45, 7) is 0.317. The van der Waals surface area contributed by atoms with E-state index in [0.29, 0.717) is 0 Å². The first-order valence-corrected chi connectivity index (χ1v) is 14.4. The summed E-state index contributed by atoms with van der Waals surface area (Å²) in [4.78, 5) is 5.02. The molecule has 3 nitrogen and oxygen atoms in total. The van der Waals surface area contributed by atoms with Gasteiger partial charge in [0, 0.05) is 40.2 Å². The van der Waals surface area contributed by atoms with Crippen LogP contribution in [0.4, 0.5) is 34.1 Å². The number of benzene rings is 6. The molecule has 5 aliphatic heterocycles. The Bertz CT molecular complexity index is 2160. The maximum Gasteiger partial charge on any atom is 0.256 e. The maximum atomic E-state index is 6.83. The molecule has 5 heteroatoms. The molecular formula is C36H20B2N2O. The van der Waals surface area contributed by atoms with Gasteiger partial charge in [0.2, 0.25) is 0 Å². The molecule has 6 aromatic carbocycles. The third-order valence-electron chi connectivity index (χ3n) is 9.83. The highest BCUT2D eigenvalue weighted by Gasteiger charge is 2.53. The zero-order valence-corrected chi connectivity index (χ0v) is 22.0. The highest BCUT2D eigenvalue weighted by molar-refractivity contribution is 7.06. The molecule has 0 N–H and O–H groups in total. The normalized spacial score (nSPS) is 14.8. The molecule has 186 valence electrons. The quantitative estimate of drug-likeness (QED) is 0.294. The van der Waals surface area contributed by atoms with Gasteiger partial charge < -0.3 is 14.5 Å². The number of nitrogens with zero attached hydrogens (tertiary/aromatic N) is 2. The molecule has 0 fully saturated rings. The van der Waals surface area contributed by atoms with Gasteiger partial charge in [-0.25, -0.2) is 0 Å². The summed E-state index contributed by atoms with van der Waals surface area (Å²) in [6, 6.07) is 44.4. The van der Waals surface area contributed by atoms with E-state index in [0.717, 1.165) is 11.5 Å². The van der Waals surface area contributed by atoms with Crippen molar-refractivity contribution >= 4 is 80.3 Å². The van der Waals surface area contributed by atoms with Gasteiger partial charge in [0.15, 0.2) is 0 Å². The number of hydrogen-bond acceptors (Lipinski definition) is 3. The van der Waals surface area contributed by atoms with Crippen LogP contribution in [0.15, 0.2) is 121 Å². The first-order chi connectivity index (χ1) is 20.4. The Morgan fingerprint density at radius 2 is 1.10 bits per heavy atom. The van der Waals surface area contributed by atoms with Gasteiger partial charge in [-0.15, -0.1) is 0 Å². The molecule has 5 heterocycles. The molecule has 11 rings (SSSR count). The summed E-state index contributed by atoms with van der Waals surface area (Å²) in [5.41, 5.74) is 18.3. The molecular weight excluding hydrogens is 498 g/mol. The van der Waals surface area contributed by atoms with E-state index < -0.39 is 0 Å². The van der Waals surface area contributed by atoms with E-state index >= 15 is 0 Å². The van der Waals surface area contributed by atoms with Crippen LogP contribution < -0.4 is 47.3 Å². The van der Waals surface area contributed by atoms with Gasteiger partial charge in [0.05, 0.1) is 0 Å². The summed E-state index contributed by atoms with van der Waals surface area (Å²) in [7, 11) is 0. The average Bonchev–Trinajstić information content (AvgIpc) is 3.37. The highest BCUT2D eigenvalue weighted by Crippen LogP contribution is 2.50. The van der Waals surface area contributed by atoms with Crippen LogP contribution in [0, 0.1) is 0 Å². The van der Waals surface area contributed by atoms with Gasteiger partial charge in [-0.3, -0.25) is 0 Å². The summed E-state index contributed by atoms with van der Waals surface area (Å²) in [5.74, 6) is 1.91. The molecule has 0 saturated carbocycles. The van der Waals surface area contributed by atoms with Crippen LogP contribution in [-0.4, -0.2) is 13.4 Å². The second kappa shape index (κ2) is 6.94. The Balaban J connectivity index is 1.36. The van der Waals surface area contributed by atoms with E-state index in [1.807, 2.05) is 0 Å². The minimum atomic E-state index is 0.121. The fourth-order valence-corrected chi connectivity index (χ4v) is 8.44. The van der Waals surface area contributed by atoms with Crippen molar-refractivity contribution in [2.75, 3.05) is 9.80 Å². The Morgan fingerprint density at radius 1 is 0.439 bits per heavy atom. The molecule has 0 unspecified atom stereocenters. The lowest BCUT2D eigenvalue weighted by atomic mass is 9.30. The minimum absolute atomic E-state index is 0.121. The monoisotopic (exact) mass is 518 g/mol. The molecule has 0 atom stereocenters. The third kappa shape index (κ3) is 2.27. The van der Waals surface area contributed by atoms with Gasteiger partial charge in [-0.2, -0.15) is 0 Å². The lowest BCUT2D eigenvalue weighted by Gasteiger charge is -2.48. The fourth-order valence-electron chi connectivity index (χ4n) is 8.44. The van der Waals surface area contributed by atoms with Crippen LogP contribution in [0.5, 0.6) is 11.5 Å². The van der Waals surface area contributed by atoms with Gasteiger partial charge in [0.1, 0.15) is 11.5 Å². The molecule has 0 aliphatic carbocycles. The second-order valence-electron chi connectivity index (χ2n) is 11.6. The number of para-hydroxylation sites is 3. The van der Waals surface area contributed by atoms with Crippen molar-refractivity contribution in [3.63, 3.8) is 0 Å². The van der Waals surface area contributed by atoms with Crippen molar-refractivity contribution in [2.45, 2.75) is 0 Å². The smallest absolute Gasteiger partial charge is 0.256 e. The largest absolute Gasteiger partial charge is 0.458 e. The fraction of sp³-hybridized carbons (Fsp3) is 0. The van der Waals surface area contributed by atoms with Crippen molar-refractivity contribution in [1.29, 1.82) is 0 Å². The van der Waals surface area contributed by atoms with Crippen LogP contribution in [-0.2, 0) is 0 Å². The molecule has 0 spiro atoms. The molecule has 0 amide bonds. The van der Waals surface area contributed by atoms with Crippen molar-refractivity contribution < 1.29 is 4.74 Å². The van der Waals surface area contributed by atoms with Crippen LogP contribution in [0.25, 0.3) is 11.1 Å². The molecule has 6 aromatic rings. The minimum Gasteiger partial charge on any atom is -0.458 e. The first kappa shape index (κ1) is 20.7. The number of ether oxygens (including phenoxy) is 1. The first-order valence-electron chi connectivity index (χ1n) is 14.4. The van der Waals surface area contributed by atoms with E-state index in [1.54, 1.807) is 0 Å². The average molecular weight is 518 g/mol. The molecule has 41 heavy (non-hydrogen) atoms. The van der Waals surface area contributed by atoms with Crippen molar-refractivity contribution in [3.05, 3.63) is 121 Å². The van der Waals surface area contributed by atoms with Gasteiger partial charge >= 0.3 is 0 Å². The zero-order valence-electron chi connectivity index (χ0n) is 22.0. The van der Waals surface area contributed by atoms with Crippen molar-refractivity contribution in [1.82, 2.24) is 0 Å². The zero-order chi connectivity index (χ0) is 26.4. The van der Waals surface area contributed by atoms with E-state index in [4.69, 9.17) is 4.74 Å². The highest BCUT2D eigenvalue weighted by atomic mass is 16.5. The van der Waals surface area contributed by atoms with E-state index in [1.165, 1.54) is 78.0 Å². The number of anilines is 6. The number of rotatable bonds is 1. The predicted molar refractivity (Wildman–Crippen MR) is 171 cm³/mol. The number of fused-ring (bicyclic) bond motifs is 7. The molecule has 0 bridgehead atoms. The SMILES string of the molecule is c1ccc(N2c3cccc4c3B3c5c-4cccc5N4c5ccccc5B5c6ccccc6Oc6cc2c3c4c65)cc1. The third-order valence-corrected chi connectivity index (χ3v) is 9.83. The maximum absolute atomic E-state index is 6.83. The molecule has 0 saturated heterocycles. The topological polar surface area (TPSA) is 15.7 Å². The molecule has 5 aliphatic rings. The Hall–Kier alpha value is -5.15. The van der Waals surface area contributed by atoms with Crippen LogP contribution in [0.2, 0.25) is 0 Å². The Labute approximate surface area is 238 Å². The van der Waals surface area contributed by atoms with Crippen LogP contribution >= 0.6 is 0 Å². The lowest BCUT2D eigenvalue weighted by molar-refractivity contribution is 0.488. The van der Waals surface area contributed by atoms with Gasteiger partial charge in [0.25, 0.3) is 13.4 Å².